The molecule has 0 aliphatic rings. The highest BCUT2D eigenvalue weighted by Gasteiger charge is 1.98. The average molecular weight is 421 g/mol. The molecule has 1 aromatic rings. The summed E-state index contributed by atoms with van der Waals surface area (Å²) in [5.74, 6) is 1.72. The van der Waals surface area contributed by atoms with Crippen LogP contribution in [0.4, 0.5) is 0 Å². The Labute approximate surface area is 150 Å². The van der Waals surface area contributed by atoms with Gasteiger partial charge < -0.3 is 20.1 Å². The second-order valence-corrected chi connectivity index (χ2v) is 4.57. The minimum atomic E-state index is 0. The van der Waals surface area contributed by atoms with Gasteiger partial charge in [-0.25, -0.2) is 0 Å². The molecule has 0 aromatic heterocycles. The van der Waals surface area contributed by atoms with Gasteiger partial charge >= 0.3 is 0 Å². The highest BCUT2D eigenvalue weighted by Crippen LogP contribution is 2.12. The first-order valence-electron chi connectivity index (χ1n) is 7.45. The number of hydrogen-bond donors (Lipinski definition) is 2. The Morgan fingerprint density at radius 1 is 1.14 bits per heavy atom. The van der Waals surface area contributed by atoms with Crippen LogP contribution in [0.1, 0.15) is 18.9 Å². The second kappa shape index (κ2) is 13.6. The molecule has 0 unspecified atom stereocenters. The molecule has 2 N–H and O–H groups in total. The monoisotopic (exact) mass is 421 g/mol. The van der Waals surface area contributed by atoms with Crippen molar-refractivity contribution >= 4 is 29.9 Å². The molecule has 0 atom stereocenters. The number of halogens is 1. The van der Waals surface area contributed by atoms with Crippen LogP contribution >= 0.6 is 24.0 Å². The molecule has 6 heteroatoms. The third-order valence-electron chi connectivity index (χ3n) is 3.06. The van der Waals surface area contributed by atoms with Crippen molar-refractivity contribution in [3.8, 4) is 5.75 Å². The van der Waals surface area contributed by atoms with E-state index in [1.165, 1.54) is 5.56 Å². The number of ether oxygens (including phenoxy) is 2. The summed E-state index contributed by atoms with van der Waals surface area (Å²) >= 11 is 0. The summed E-state index contributed by atoms with van der Waals surface area (Å²) in [6, 6.07) is 8.20. The molecule has 0 radical (unpaired) electrons. The first kappa shape index (κ1) is 21.0. The maximum absolute atomic E-state index is 5.28. The van der Waals surface area contributed by atoms with Gasteiger partial charge in [0.25, 0.3) is 0 Å². The van der Waals surface area contributed by atoms with Gasteiger partial charge in [-0.3, -0.25) is 4.99 Å². The van der Waals surface area contributed by atoms with E-state index < -0.39 is 0 Å². The fourth-order valence-corrected chi connectivity index (χ4v) is 1.90. The van der Waals surface area contributed by atoms with Crippen molar-refractivity contribution in [2.75, 3.05) is 40.5 Å². The summed E-state index contributed by atoms with van der Waals surface area (Å²) in [5, 5.41) is 6.51. The molecule has 0 saturated heterocycles. The van der Waals surface area contributed by atoms with Crippen LogP contribution in [0.25, 0.3) is 0 Å². The fourth-order valence-electron chi connectivity index (χ4n) is 1.90. The van der Waals surface area contributed by atoms with Crippen LogP contribution in [-0.4, -0.2) is 46.4 Å². The average Bonchev–Trinajstić information content (AvgIpc) is 2.54. The molecule has 0 heterocycles. The summed E-state index contributed by atoms with van der Waals surface area (Å²) in [6.07, 6.45) is 2.09. The number of nitrogens with one attached hydrogen (secondary N) is 2. The van der Waals surface area contributed by atoms with Crippen LogP contribution in [0.2, 0.25) is 0 Å². The van der Waals surface area contributed by atoms with Crippen LogP contribution in [0.3, 0.4) is 0 Å². The quantitative estimate of drug-likeness (QED) is 0.279. The molecule has 0 aliphatic carbocycles. The molecule has 22 heavy (non-hydrogen) atoms. The standard InChI is InChI=1S/C16H27N3O2.HI/c1-4-21-13-12-19-16(17-2)18-11-5-6-14-7-9-15(20-3)10-8-14;/h7-10H,4-6,11-13H2,1-3H3,(H2,17,18,19);1H. The SMILES string of the molecule is CCOCCNC(=NC)NCCCc1ccc(OC)cc1.I. The third kappa shape index (κ3) is 9.09. The number of benzene rings is 1. The van der Waals surface area contributed by atoms with Gasteiger partial charge in [-0.2, -0.15) is 0 Å². The van der Waals surface area contributed by atoms with E-state index in [2.05, 4.69) is 27.8 Å². The van der Waals surface area contributed by atoms with Crippen LogP contribution in [0, 0.1) is 0 Å². The molecule has 0 spiro atoms. The molecule has 0 amide bonds. The molecule has 0 aliphatic heterocycles. The van der Waals surface area contributed by atoms with E-state index >= 15 is 0 Å². The number of hydrogen-bond acceptors (Lipinski definition) is 3. The Kier molecular flexibility index (Phi) is 13.0. The maximum Gasteiger partial charge on any atom is 0.191 e. The lowest BCUT2D eigenvalue weighted by Crippen LogP contribution is -2.39. The van der Waals surface area contributed by atoms with E-state index in [9.17, 15) is 0 Å². The number of rotatable bonds is 9. The summed E-state index contributed by atoms with van der Waals surface area (Å²) in [7, 11) is 3.46. The third-order valence-corrected chi connectivity index (χ3v) is 3.06. The largest absolute Gasteiger partial charge is 0.497 e. The van der Waals surface area contributed by atoms with Crippen LogP contribution in [0.5, 0.6) is 5.75 Å². The molecular formula is C16H28IN3O2. The van der Waals surface area contributed by atoms with Crippen LogP contribution in [0.15, 0.2) is 29.3 Å². The molecule has 0 saturated carbocycles. The lowest BCUT2D eigenvalue weighted by molar-refractivity contribution is 0.152. The van der Waals surface area contributed by atoms with Gasteiger partial charge in [-0.15, -0.1) is 24.0 Å². The predicted octanol–water partition coefficient (Wildman–Crippen LogP) is 2.45. The number of nitrogens with zero attached hydrogens (tertiary/aromatic N) is 1. The molecule has 5 nitrogen and oxygen atoms in total. The van der Waals surface area contributed by atoms with Gasteiger partial charge in [0.15, 0.2) is 5.96 Å². The van der Waals surface area contributed by atoms with Gasteiger partial charge in [-0.05, 0) is 37.5 Å². The maximum atomic E-state index is 5.28. The van der Waals surface area contributed by atoms with Crippen molar-refractivity contribution in [3.63, 3.8) is 0 Å². The van der Waals surface area contributed by atoms with Crippen molar-refractivity contribution in [1.29, 1.82) is 0 Å². The molecule has 1 aromatic carbocycles. The van der Waals surface area contributed by atoms with Crippen LogP contribution in [-0.2, 0) is 11.2 Å². The van der Waals surface area contributed by atoms with E-state index in [1.54, 1.807) is 14.2 Å². The lowest BCUT2D eigenvalue weighted by Gasteiger charge is -2.11. The number of guanidine groups is 1. The Balaban J connectivity index is 0.00000441. The van der Waals surface area contributed by atoms with Crippen molar-refractivity contribution in [1.82, 2.24) is 10.6 Å². The van der Waals surface area contributed by atoms with Gasteiger partial charge in [0.1, 0.15) is 5.75 Å². The van der Waals surface area contributed by atoms with Crippen molar-refractivity contribution < 1.29 is 9.47 Å². The topological polar surface area (TPSA) is 54.9 Å². The normalized spacial score (nSPS) is 10.8. The fraction of sp³-hybridized carbons (Fsp3) is 0.562. The summed E-state index contributed by atoms with van der Waals surface area (Å²) in [4.78, 5) is 4.18. The minimum Gasteiger partial charge on any atom is -0.497 e. The Morgan fingerprint density at radius 2 is 1.82 bits per heavy atom. The second-order valence-electron chi connectivity index (χ2n) is 4.57. The molecular weight excluding hydrogens is 393 g/mol. The van der Waals surface area contributed by atoms with Crippen molar-refractivity contribution in [2.45, 2.75) is 19.8 Å². The Hall–Kier alpha value is -1.02. The lowest BCUT2D eigenvalue weighted by atomic mass is 10.1. The van der Waals surface area contributed by atoms with Gasteiger partial charge in [0.2, 0.25) is 0 Å². The summed E-state index contributed by atoms with van der Waals surface area (Å²) in [5.41, 5.74) is 1.32. The number of methoxy groups -OCH3 is 1. The van der Waals surface area contributed by atoms with Gasteiger partial charge in [-0.1, -0.05) is 12.1 Å². The smallest absolute Gasteiger partial charge is 0.191 e. The van der Waals surface area contributed by atoms with Gasteiger partial charge in [0.05, 0.1) is 13.7 Å². The number of aryl methyl sites for hydroxylation is 1. The highest BCUT2D eigenvalue weighted by atomic mass is 127. The minimum absolute atomic E-state index is 0. The van der Waals surface area contributed by atoms with E-state index in [4.69, 9.17) is 9.47 Å². The predicted molar refractivity (Wildman–Crippen MR) is 103 cm³/mol. The first-order chi connectivity index (χ1) is 10.3. The summed E-state index contributed by atoms with van der Waals surface area (Å²) < 4.78 is 10.4. The van der Waals surface area contributed by atoms with E-state index in [0.29, 0.717) is 6.61 Å². The Morgan fingerprint density at radius 3 is 2.41 bits per heavy atom. The number of aliphatic imine (C=N–C) groups is 1. The zero-order valence-corrected chi connectivity index (χ0v) is 16.1. The summed E-state index contributed by atoms with van der Waals surface area (Å²) in [6.45, 7) is 5.09. The van der Waals surface area contributed by atoms with E-state index in [0.717, 1.165) is 44.2 Å². The Bertz CT molecular complexity index is 410. The van der Waals surface area contributed by atoms with Crippen molar-refractivity contribution in [3.05, 3.63) is 29.8 Å². The van der Waals surface area contributed by atoms with Gasteiger partial charge in [0, 0.05) is 26.7 Å². The zero-order chi connectivity index (χ0) is 15.3. The molecule has 0 fully saturated rings. The zero-order valence-electron chi connectivity index (χ0n) is 13.7. The van der Waals surface area contributed by atoms with E-state index in [-0.39, 0.29) is 24.0 Å². The molecule has 1 rings (SSSR count). The molecule has 0 bridgehead atoms. The van der Waals surface area contributed by atoms with Crippen LogP contribution < -0.4 is 15.4 Å². The molecule has 126 valence electrons. The highest BCUT2D eigenvalue weighted by molar-refractivity contribution is 14.0. The first-order valence-corrected chi connectivity index (χ1v) is 7.45. The van der Waals surface area contributed by atoms with Crippen molar-refractivity contribution in [2.24, 2.45) is 4.99 Å². The van der Waals surface area contributed by atoms with E-state index in [1.807, 2.05) is 19.1 Å².